The number of carbonyl (C=O) groups excluding carboxylic acids is 1. The molecular weight excluding hydrogens is 370 g/mol. The van der Waals surface area contributed by atoms with Crippen molar-refractivity contribution in [3.8, 4) is 0 Å². The minimum atomic E-state index is -0.229. The van der Waals surface area contributed by atoms with E-state index in [0.717, 1.165) is 28.8 Å². The van der Waals surface area contributed by atoms with E-state index in [2.05, 4.69) is 65.0 Å². The van der Waals surface area contributed by atoms with Crippen molar-refractivity contribution in [1.82, 2.24) is 0 Å². The molecule has 0 aromatic heterocycles. The molecular formula is C27H35NO2. The molecule has 0 bridgehead atoms. The molecule has 30 heavy (non-hydrogen) atoms. The van der Waals surface area contributed by atoms with Crippen LogP contribution in [0, 0.1) is 10.8 Å². The van der Waals surface area contributed by atoms with Gasteiger partial charge in [0, 0.05) is 6.42 Å². The Morgan fingerprint density at radius 2 is 1.50 bits per heavy atom. The summed E-state index contributed by atoms with van der Waals surface area (Å²) >= 11 is 0. The predicted molar refractivity (Wildman–Crippen MR) is 126 cm³/mol. The van der Waals surface area contributed by atoms with Crippen molar-refractivity contribution in [2.75, 3.05) is 18.1 Å². The maximum Gasteiger partial charge on any atom is 0.227 e. The Bertz CT molecular complexity index is 911. The number of amides is 1. The maximum absolute atomic E-state index is 13.5. The third kappa shape index (κ3) is 5.60. The van der Waals surface area contributed by atoms with Crippen molar-refractivity contribution < 1.29 is 9.53 Å². The summed E-state index contributed by atoms with van der Waals surface area (Å²) in [6.45, 7) is 12.7. The molecule has 0 saturated heterocycles. The number of anilines is 1. The monoisotopic (exact) mass is 405 g/mol. The first kappa shape index (κ1) is 22.3. The summed E-state index contributed by atoms with van der Waals surface area (Å²) in [4.78, 5) is 15.5. The van der Waals surface area contributed by atoms with Crippen molar-refractivity contribution >= 4 is 23.7 Å². The van der Waals surface area contributed by atoms with E-state index in [-0.39, 0.29) is 16.7 Å². The van der Waals surface area contributed by atoms with Crippen LogP contribution in [0.15, 0.2) is 48.5 Å². The van der Waals surface area contributed by atoms with E-state index >= 15 is 0 Å². The molecule has 0 fully saturated rings. The van der Waals surface area contributed by atoms with Gasteiger partial charge in [0.25, 0.3) is 0 Å². The predicted octanol–water partition coefficient (Wildman–Crippen LogP) is 6.57. The highest BCUT2D eigenvalue weighted by molar-refractivity contribution is 5.97. The van der Waals surface area contributed by atoms with Gasteiger partial charge in [0.05, 0.1) is 25.4 Å². The van der Waals surface area contributed by atoms with Crippen LogP contribution >= 0.6 is 0 Å². The van der Waals surface area contributed by atoms with Gasteiger partial charge in [0.15, 0.2) is 0 Å². The van der Waals surface area contributed by atoms with Gasteiger partial charge in [0.1, 0.15) is 0 Å². The minimum absolute atomic E-state index is 0.135. The van der Waals surface area contributed by atoms with E-state index in [9.17, 15) is 4.79 Å². The van der Waals surface area contributed by atoms with Crippen LogP contribution in [0.4, 0.5) is 5.69 Å². The van der Waals surface area contributed by atoms with Crippen molar-refractivity contribution in [1.29, 1.82) is 0 Å². The largest absolute Gasteiger partial charge is 0.380 e. The number of nitrogens with zero attached hydrogens (tertiary/aromatic N) is 1. The van der Waals surface area contributed by atoms with Gasteiger partial charge < -0.3 is 9.64 Å². The lowest BCUT2D eigenvalue weighted by molar-refractivity contribution is -0.121. The molecule has 1 aliphatic rings. The van der Waals surface area contributed by atoms with E-state index in [1.54, 1.807) is 0 Å². The quantitative estimate of drug-likeness (QED) is 0.521. The molecule has 2 aromatic rings. The number of benzene rings is 2. The van der Waals surface area contributed by atoms with Gasteiger partial charge >= 0.3 is 0 Å². The second kappa shape index (κ2) is 9.18. The number of fused-ring (bicyclic) bond motifs is 2. The van der Waals surface area contributed by atoms with Crippen LogP contribution in [0.3, 0.4) is 0 Å². The molecule has 0 saturated carbocycles. The zero-order chi connectivity index (χ0) is 21.8. The molecule has 0 aliphatic carbocycles. The average Bonchev–Trinajstić information content (AvgIpc) is 2.69. The number of rotatable bonds is 7. The lowest BCUT2D eigenvalue weighted by Gasteiger charge is -2.32. The van der Waals surface area contributed by atoms with Crippen molar-refractivity contribution in [3.05, 3.63) is 65.2 Å². The van der Waals surface area contributed by atoms with Crippen LogP contribution in [0.2, 0.25) is 0 Å². The number of carbonyl (C=O) groups is 1. The van der Waals surface area contributed by atoms with Crippen LogP contribution in [0.5, 0.6) is 0 Å². The Kier molecular flexibility index (Phi) is 6.82. The van der Waals surface area contributed by atoms with Gasteiger partial charge in [-0.25, -0.2) is 0 Å². The molecule has 0 N–H and O–H groups in total. The smallest absolute Gasteiger partial charge is 0.227 e. The summed E-state index contributed by atoms with van der Waals surface area (Å²) < 4.78 is 6.03. The summed E-state index contributed by atoms with van der Waals surface area (Å²) in [5, 5.41) is 0. The first-order valence-corrected chi connectivity index (χ1v) is 10.9. The van der Waals surface area contributed by atoms with Gasteiger partial charge in [-0.1, -0.05) is 89.2 Å². The van der Waals surface area contributed by atoms with E-state index in [4.69, 9.17) is 4.74 Å². The fraction of sp³-hybridized carbons (Fsp3) is 0.444. The molecule has 2 aromatic carbocycles. The Balaban J connectivity index is 1.79. The maximum atomic E-state index is 13.5. The summed E-state index contributed by atoms with van der Waals surface area (Å²) in [6.07, 6.45) is 5.77. The van der Waals surface area contributed by atoms with E-state index in [1.165, 1.54) is 0 Å². The van der Waals surface area contributed by atoms with Gasteiger partial charge in [0.2, 0.25) is 5.91 Å². The SMILES string of the molecule is CCC(C)(C)COCC(C)(C)CC(=O)N1Cc2ccccc2/C=C\c2ccccc21. The molecule has 3 nitrogen and oxygen atoms in total. The highest BCUT2D eigenvalue weighted by atomic mass is 16.5. The van der Waals surface area contributed by atoms with E-state index < -0.39 is 0 Å². The molecule has 0 radical (unpaired) electrons. The van der Waals surface area contributed by atoms with Crippen LogP contribution in [-0.2, 0) is 16.1 Å². The summed E-state index contributed by atoms with van der Waals surface area (Å²) in [7, 11) is 0. The molecule has 160 valence electrons. The first-order chi connectivity index (χ1) is 14.2. The fourth-order valence-corrected chi connectivity index (χ4v) is 3.63. The summed E-state index contributed by atoms with van der Waals surface area (Å²) in [6, 6.07) is 16.4. The second-order valence-electron chi connectivity index (χ2n) is 9.92. The molecule has 1 heterocycles. The van der Waals surface area contributed by atoms with E-state index in [0.29, 0.717) is 26.2 Å². The third-order valence-electron chi connectivity index (χ3n) is 5.93. The van der Waals surface area contributed by atoms with Crippen LogP contribution < -0.4 is 4.90 Å². The highest BCUT2D eigenvalue weighted by Gasteiger charge is 2.29. The topological polar surface area (TPSA) is 29.5 Å². The zero-order valence-corrected chi connectivity index (χ0v) is 19.1. The Labute approximate surface area is 181 Å². The normalized spacial score (nSPS) is 15.0. The fourth-order valence-electron chi connectivity index (χ4n) is 3.63. The van der Waals surface area contributed by atoms with Crippen molar-refractivity contribution in [2.45, 2.75) is 54.0 Å². The minimum Gasteiger partial charge on any atom is -0.380 e. The standard InChI is InChI=1S/C27H35NO2/c1-6-26(2,3)19-30-20-27(4,5)17-25(29)28-18-23-13-8-7-11-21(23)15-16-22-12-9-10-14-24(22)28/h7-16H,6,17-20H2,1-5H3/b16-15-. The zero-order valence-electron chi connectivity index (χ0n) is 19.1. The van der Waals surface area contributed by atoms with Gasteiger partial charge in [-0.05, 0) is 40.0 Å². The Morgan fingerprint density at radius 1 is 0.900 bits per heavy atom. The second-order valence-corrected chi connectivity index (χ2v) is 9.92. The molecule has 0 atom stereocenters. The molecule has 0 unspecified atom stereocenters. The van der Waals surface area contributed by atoms with Gasteiger partial charge in [-0.2, -0.15) is 0 Å². The average molecular weight is 406 g/mol. The molecule has 1 aliphatic heterocycles. The van der Waals surface area contributed by atoms with Gasteiger partial charge in [-0.15, -0.1) is 0 Å². The summed E-state index contributed by atoms with van der Waals surface area (Å²) in [5.74, 6) is 0.135. The molecule has 0 spiro atoms. The van der Waals surface area contributed by atoms with E-state index in [1.807, 2.05) is 35.2 Å². The van der Waals surface area contributed by atoms with Crippen LogP contribution in [0.25, 0.3) is 12.2 Å². The molecule has 3 rings (SSSR count). The Hall–Kier alpha value is -2.39. The van der Waals surface area contributed by atoms with Gasteiger partial charge in [-0.3, -0.25) is 4.79 Å². The van der Waals surface area contributed by atoms with Crippen LogP contribution in [-0.4, -0.2) is 19.1 Å². The van der Waals surface area contributed by atoms with Crippen LogP contribution in [0.1, 0.15) is 64.2 Å². The lowest BCUT2D eigenvalue weighted by Crippen LogP contribution is -2.36. The van der Waals surface area contributed by atoms with Crippen molar-refractivity contribution in [3.63, 3.8) is 0 Å². The number of hydrogen-bond acceptors (Lipinski definition) is 2. The van der Waals surface area contributed by atoms with Crippen molar-refractivity contribution in [2.24, 2.45) is 10.8 Å². The Morgan fingerprint density at radius 3 is 2.23 bits per heavy atom. The number of para-hydroxylation sites is 1. The number of hydrogen-bond donors (Lipinski definition) is 0. The molecule has 1 amide bonds. The molecule has 3 heteroatoms. The number of ether oxygens (including phenoxy) is 1. The third-order valence-corrected chi connectivity index (χ3v) is 5.93. The first-order valence-electron chi connectivity index (χ1n) is 10.9. The lowest BCUT2D eigenvalue weighted by atomic mass is 9.88. The summed E-state index contributed by atoms with van der Waals surface area (Å²) in [5.41, 5.74) is 4.30. The highest BCUT2D eigenvalue weighted by Crippen LogP contribution is 2.32.